The number of amides is 1. The van der Waals surface area contributed by atoms with Crippen LogP contribution in [0.4, 0.5) is 8.78 Å². The molecule has 4 aromatic carbocycles. The number of nitrogens with one attached hydrogen (secondary N) is 2. The molecular weight excluding hydrogens is 838 g/mol. The zero-order valence-electron chi connectivity index (χ0n) is 36.6. The van der Waals surface area contributed by atoms with Crippen molar-refractivity contribution in [1.82, 2.24) is 10.2 Å². The van der Waals surface area contributed by atoms with Gasteiger partial charge in [-0.3, -0.25) is 14.4 Å². The Balaban J connectivity index is 0.000000230. The fourth-order valence-electron chi connectivity index (χ4n) is 7.89. The van der Waals surface area contributed by atoms with Crippen LogP contribution in [0.2, 0.25) is 0 Å². The molecule has 0 atom stereocenters. The molecule has 0 unspecified atom stereocenters. The molecule has 0 aliphatic heterocycles. The first-order chi connectivity index (χ1) is 30.9. The lowest BCUT2D eigenvalue weighted by Crippen LogP contribution is -2.39. The summed E-state index contributed by atoms with van der Waals surface area (Å²) in [4.78, 5) is 48.8. The zero-order valence-corrected chi connectivity index (χ0v) is 37.3. The number of methoxy groups -OCH3 is 2. The Bertz CT molecular complexity index is 2260. The van der Waals surface area contributed by atoms with Gasteiger partial charge in [0, 0.05) is 42.6 Å². The Labute approximate surface area is 380 Å². The fourth-order valence-corrected chi connectivity index (χ4v) is 8.17. The van der Waals surface area contributed by atoms with E-state index in [-0.39, 0.29) is 45.9 Å². The van der Waals surface area contributed by atoms with E-state index in [4.69, 9.17) is 21.6 Å². The fraction of sp³-hybridized carbons (Fsp3) is 0.385. The molecule has 338 valence electrons. The maximum Gasteiger partial charge on any atom is 0.335 e. The third kappa shape index (κ3) is 16.9. The van der Waals surface area contributed by atoms with Crippen molar-refractivity contribution in [3.63, 3.8) is 0 Å². The summed E-state index contributed by atoms with van der Waals surface area (Å²) in [5, 5.41) is 11.8. The second-order valence-corrected chi connectivity index (χ2v) is 16.5. The minimum atomic E-state index is -0.983. The van der Waals surface area contributed by atoms with Gasteiger partial charge in [0.15, 0.2) is 0 Å². The highest BCUT2D eigenvalue weighted by Gasteiger charge is 2.33. The third-order valence-electron chi connectivity index (χ3n) is 11.8. The topological polar surface area (TPSA) is 131 Å². The molecule has 4 aromatic rings. The van der Waals surface area contributed by atoms with E-state index >= 15 is 0 Å². The van der Waals surface area contributed by atoms with E-state index in [9.17, 15) is 28.0 Å². The third-order valence-corrected chi connectivity index (χ3v) is 11.9. The molecular formula is C52H57ClF2N2O7. The average Bonchev–Trinajstić information content (AvgIpc) is 3.32. The molecule has 0 aromatic heterocycles. The number of carboxylic acid groups (broad SMARTS) is 1. The van der Waals surface area contributed by atoms with Crippen LogP contribution < -0.4 is 10.2 Å². The van der Waals surface area contributed by atoms with Crippen LogP contribution in [0.15, 0.2) is 97.1 Å². The van der Waals surface area contributed by atoms with Crippen molar-refractivity contribution in [2.24, 2.45) is 10.8 Å². The van der Waals surface area contributed by atoms with Gasteiger partial charge >= 0.3 is 17.9 Å². The SMILES string of the molecule is COC(=O)CCC1(CNC(=O)c2ccc(C#Cc3ccccc3F)cc2)CCCCC1.COC(=O)CCC1(CNCl)CCCCC1.O=C(O)c1ccc(C#Cc2ccccc2F)cc1. The molecule has 1 amide bonds. The lowest BCUT2D eigenvalue weighted by Gasteiger charge is -2.37. The number of aromatic carboxylic acids is 1. The van der Waals surface area contributed by atoms with Crippen LogP contribution in [0.5, 0.6) is 0 Å². The highest BCUT2D eigenvalue weighted by Crippen LogP contribution is 2.41. The zero-order chi connectivity index (χ0) is 46.2. The Morgan fingerprint density at radius 3 is 1.39 bits per heavy atom. The molecule has 2 aliphatic carbocycles. The van der Waals surface area contributed by atoms with Crippen LogP contribution in [-0.2, 0) is 19.1 Å². The molecule has 3 N–H and O–H groups in total. The van der Waals surface area contributed by atoms with Crippen LogP contribution in [0.3, 0.4) is 0 Å². The van der Waals surface area contributed by atoms with Gasteiger partial charge in [-0.1, -0.05) is 86.5 Å². The van der Waals surface area contributed by atoms with Crippen LogP contribution in [0.25, 0.3) is 0 Å². The van der Waals surface area contributed by atoms with Gasteiger partial charge < -0.3 is 19.9 Å². The Hall–Kier alpha value is -6.01. The highest BCUT2D eigenvalue weighted by atomic mass is 35.5. The molecule has 0 bridgehead atoms. The van der Waals surface area contributed by atoms with Crippen molar-refractivity contribution in [3.8, 4) is 23.7 Å². The number of carbonyl (C=O) groups excluding carboxylic acids is 3. The van der Waals surface area contributed by atoms with Crippen LogP contribution in [0.1, 0.15) is 133 Å². The van der Waals surface area contributed by atoms with Crippen molar-refractivity contribution in [2.75, 3.05) is 27.3 Å². The summed E-state index contributed by atoms with van der Waals surface area (Å²) in [6.07, 6.45) is 14.1. The standard InChI is InChI=1S/C26H28FNO3.C15H9FO2.C11H20ClNO2/c1-31-24(29)15-18-26(16-5-2-6-17-26)19-28-25(30)22-13-10-20(11-14-22)9-12-21-7-3-4-8-23(21)27;16-14-4-2-1-3-12(14)8-5-11-6-9-13(10-7-11)15(17)18;1-15-10(14)5-8-11(9-13-12)6-3-2-4-7-11/h3-4,7-8,10-11,13-14H,2,5-6,15-19H2,1H3,(H,28,30);1-4,6-7,9-10H,(H,17,18);13H,2-9H2,1H3. The maximum atomic E-state index is 13.7. The normalized spacial score (nSPS) is 14.5. The molecule has 6 rings (SSSR count). The molecule has 0 spiro atoms. The minimum Gasteiger partial charge on any atom is -0.478 e. The van der Waals surface area contributed by atoms with E-state index in [1.54, 1.807) is 72.8 Å². The lowest BCUT2D eigenvalue weighted by molar-refractivity contribution is -0.142. The summed E-state index contributed by atoms with van der Waals surface area (Å²) in [5.41, 5.74) is 2.93. The molecule has 2 saturated carbocycles. The van der Waals surface area contributed by atoms with Gasteiger partial charge in [-0.15, -0.1) is 0 Å². The van der Waals surface area contributed by atoms with Crippen molar-refractivity contribution in [1.29, 1.82) is 0 Å². The molecule has 2 aliphatic rings. The number of ether oxygens (including phenoxy) is 2. The number of esters is 2. The molecule has 0 heterocycles. The Morgan fingerprint density at radius 2 is 1.00 bits per heavy atom. The minimum absolute atomic E-state index is 0.0483. The number of carbonyl (C=O) groups is 4. The largest absolute Gasteiger partial charge is 0.478 e. The van der Waals surface area contributed by atoms with Gasteiger partial charge in [0.25, 0.3) is 5.91 Å². The number of rotatable bonds is 12. The van der Waals surface area contributed by atoms with E-state index in [1.807, 2.05) is 0 Å². The molecule has 12 heteroatoms. The van der Waals surface area contributed by atoms with Gasteiger partial charge in [0.1, 0.15) is 11.6 Å². The highest BCUT2D eigenvalue weighted by molar-refractivity contribution is 6.13. The summed E-state index contributed by atoms with van der Waals surface area (Å²) < 4.78 is 36.4. The summed E-state index contributed by atoms with van der Waals surface area (Å²) in [5.74, 6) is 9.06. The first-order valence-electron chi connectivity index (χ1n) is 21.6. The van der Waals surface area contributed by atoms with Gasteiger partial charge in [0.2, 0.25) is 0 Å². The molecule has 2 fully saturated rings. The number of hydrogen-bond acceptors (Lipinski definition) is 7. The predicted octanol–water partition coefficient (Wildman–Crippen LogP) is 10.4. The van der Waals surface area contributed by atoms with Crippen LogP contribution in [-0.4, -0.2) is 56.2 Å². The van der Waals surface area contributed by atoms with Gasteiger partial charge in [0.05, 0.1) is 30.9 Å². The first kappa shape index (κ1) is 50.6. The molecule has 0 saturated heterocycles. The van der Waals surface area contributed by atoms with Crippen molar-refractivity contribution in [2.45, 2.75) is 89.9 Å². The number of benzene rings is 4. The average molecular weight is 895 g/mol. The van der Waals surface area contributed by atoms with E-state index < -0.39 is 5.97 Å². The number of carboxylic acids is 1. The first-order valence-corrected chi connectivity index (χ1v) is 22.0. The van der Waals surface area contributed by atoms with E-state index in [1.165, 1.54) is 77.0 Å². The van der Waals surface area contributed by atoms with Gasteiger partial charge in [-0.25, -0.2) is 18.4 Å². The van der Waals surface area contributed by atoms with Crippen LogP contribution in [0, 0.1) is 46.1 Å². The molecule has 0 radical (unpaired) electrons. The maximum absolute atomic E-state index is 13.7. The number of hydrogen-bond donors (Lipinski definition) is 3. The van der Waals surface area contributed by atoms with Crippen LogP contribution >= 0.6 is 11.8 Å². The Kier molecular flexibility index (Phi) is 21.0. The number of halogens is 3. The second kappa shape index (κ2) is 26.6. The van der Waals surface area contributed by atoms with Gasteiger partial charge in [-0.2, -0.15) is 0 Å². The predicted molar refractivity (Wildman–Crippen MR) is 244 cm³/mol. The van der Waals surface area contributed by atoms with E-state index in [0.29, 0.717) is 47.2 Å². The van der Waals surface area contributed by atoms with Crippen molar-refractivity contribution < 1.29 is 42.5 Å². The molecule has 9 nitrogen and oxygen atoms in total. The quantitative estimate of drug-likeness (QED) is 0.0728. The smallest absolute Gasteiger partial charge is 0.335 e. The second-order valence-electron chi connectivity index (χ2n) is 16.2. The lowest BCUT2D eigenvalue weighted by atomic mass is 9.71. The van der Waals surface area contributed by atoms with Crippen molar-refractivity contribution in [3.05, 3.63) is 142 Å². The van der Waals surface area contributed by atoms with E-state index in [0.717, 1.165) is 45.1 Å². The molecule has 64 heavy (non-hydrogen) atoms. The van der Waals surface area contributed by atoms with Crippen molar-refractivity contribution >= 4 is 35.6 Å². The van der Waals surface area contributed by atoms with E-state index in [2.05, 4.69) is 38.6 Å². The summed E-state index contributed by atoms with van der Waals surface area (Å²) in [6, 6.07) is 25.7. The Morgan fingerprint density at radius 1 is 0.594 bits per heavy atom. The summed E-state index contributed by atoms with van der Waals surface area (Å²) in [6.45, 7) is 1.35. The summed E-state index contributed by atoms with van der Waals surface area (Å²) in [7, 11) is 2.84. The summed E-state index contributed by atoms with van der Waals surface area (Å²) >= 11 is 5.61. The van der Waals surface area contributed by atoms with Gasteiger partial charge in [-0.05, 0) is 134 Å². The monoisotopic (exact) mass is 894 g/mol.